The summed E-state index contributed by atoms with van der Waals surface area (Å²) >= 11 is 0. The minimum atomic E-state index is 0.753. The van der Waals surface area contributed by atoms with Gasteiger partial charge >= 0.3 is 0 Å². The highest BCUT2D eigenvalue weighted by Gasteiger charge is 2.04. The lowest BCUT2D eigenvalue weighted by molar-refractivity contribution is 0.415. The molecule has 2 nitrogen and oxygen atoms in total. The van der Waals surface area contributed by atoms with E-state index in [4.69, 9.17) is 4.74 Å². The number of hydrogen-bond donors (Lipinski definition) is 0. The monoisotopic (exact) mass is 198 g/mol. The van der Waals surface area contributed by atoms with Crippen LogP contribution in [0.1, 0.15) is 5.69 Å². The van der Waals surface area contributed by atoms with Crippen LogP contribution < -0.4 is 4.74 Å². The van der Waals surface area contributed by atoms with Crippen LogP contribution in [-0.4, -0.2) is 12.1 Å². The first-order valence-electron chi connectivity index (χ1n) is 4.79. The number of pyridine rings is 1. The van der Waals surface area contributed by atoms with Crippen molar-refractivity contribution in [3.8, 4) is 16.9 Å². The summed E-state index contributed by atoms with van der Waals surface area (Å²) in [6.07, 6.45) is 1.85. The lowest BCUT2D eigenvalue weighted by atomic mass is 10.1. The molecular weight excluding hydrogens is 186 g/mol. The fourth-order valence-electron chi connectivity index (χ4n) is 1.44. The zero-order valence-electron chi connectivity index (χ0n) is 8.82. The van der Waals surface area contributed by atoms with Crippen LogP contribution in [0.4, 0.5) is 0 Å². The SMILES string of the molecule is COc1[c]cccc1-c1ccc(C)nc1. The molecule has 0 bridgehead atoms. The molecule has 0 fully saturated rings. The minimum Gasteiger partial charge on any atom is -0.495 e. The molecule has 2 aromatic rings. The quantitative estimate of drug-likeness (QED) is 0.740. The molecule has 2 heteroatoms. The molecule has 0 amide bonds. The van der Waals surface area contributed by atoms with Gasteiger partial charge in [0.25, 0.3) is 0 Å². The normalized spacial score (nSPS) is 10.0. The Balaban J connectivity index is 2.49. The number of aromatic nitrogens is 1. The molecule has 1 aromatic heterocycles. The van der Waals surface area contributed by atoms with Crippen molar-refractivity contribution in [1.29, 1.82) is 0 Å². The largest absolute Gasteiger partial charge is 0.495 e. The van der Waals surface area contributed by atoms with Crippen molar-refractivity contribution in [3.63, 3.8) is 0 Å². The number of para-hydroxylation sites is 1. The average molecular weight is 198 g/mol. The summed E-state index contributed by atoms with van der Waals surface area (Å²) < 4.78 is 5.25. The molecule has 1 heterocycles. The van der Waals surface area contributed by atoms with Crippen molar-refractivity contribution < 1.29 is 4.74 Å². The summed E-state index contributed by atoms with van der Waals surface area (Å²) in [5.74, 6) is 0.753. The Kier molecular flexibility index (Phi) is 2.68. The van der Waals surface area contributed by atoms with Crippen molar-refractivity contribution in [2.45, 2.75) is 6.92 Å². The van der Waals surface area contributed by atoms with Gasteiger partial charge in [-0.25, -0.2) is 0 Å². The third-order valence-corrected chi connectivity index (χ3v) is 2.24. The van der Waals surface area contributed by atoms with Gasteiger partial charge in [-0.05, 0) is 13.0 Å². The summed E-state index contributed by atoms with van der Waals surface area (Å²) in [5, 5.41) is 0. The smallest absolute Gasteiger partial charge is 0.134 e. The van der Waals surface area contributed by atoms with Gasteiger partial charge in [0.1, 0.15) is 5.75 Å². The predicted octanol–water partition coefficient (Wildman–Crippen LogP) is 2.87. The van der Waals surface area contributed by atoms with Gasteiger partial charge in [0.05, 0.1) is 7.11 Å². The molecule has 0 atom stereocenters. The van der Waals surface area contributed by atoms with Crippen molar-refractivity contribution in [3.05, 3.63) is 48.3 Å². The number of hydrogen-bond acceptors (Lipinski definition) is 2. The molecule has 0 spiro atoms. The van der Waals surface area contributed by atoms with E-state index in [1.165, 1.54) is 0 Å². The second-order valence-corrected chi connectivity index (χ2v) is 3.31. The second kappa shape index (κ2) is 4.13. The standard InChI is InChI=1S/C13H12NO/c1-10-7-8-11(9-14-10)12-5-3-4-6-13(12)15-2/h3-5,7-9H,1-2H3. The van der Waals surface area contributed by atoms with Crippen molar-refractivity contribution in [2.75, 3.05) is 7.11 Å². The van der Waals surface area contributed by atoms with Crippen LogP contribution in [0.3, 0.4) is 0 Å². The summed E-state index contributed by atoms with van der Waals surface area (Å²) in [7, 11) is 1.65. The summed E-state index contributed by atoms with van der Waals surface area (Å²) in [6.45, 7) is 1.97. The molecule has 0 aliphatic heterocycles. The number of nitrogens with zero attached hydrogens (tertiary/aromatic N) is 1. The van der Waals surface area contributed by atoms with Crippen molar-refractivity contribution >= 4 is 0 Å². The predicted molar refractivity (Wildman–Crippen MR) is 59.8 cm³/mol. The molecule has 0 N–H and O–H groups in total. The highest BCUT2D eigenvalue weighted by molar-refractivity contribution is 5.69. The number of aryl methyl sites for hydroxylation is 1. The Morgan fingerprint density at radius 1 is 1.27 bits per heavy atom. The first-order valence-corrected chi connectivity index (χ1v) is 4.79. The third-order valence-electron chi connectivity index (χ3n) is 2.24. The molecule has 2 rings (SSSR count). The van der Waals surface area contributed by atoms with Gasteiger partial charge < -0.3 is 4.74 Å². The van der Waals surface area contributed by atoms with Crippen LogP contribution in [-0.2, 0) is 0 Å². The van der Waals surface area contributed by atoms with E-state index in [2.05, 4.69) is 11.1 Å². The zero-order chi connectivity index (χ0) is 10.7. The lowest BCUT2D eigenvalue weighted by Gasteiger charge is -2.07. The number of rotatable bonds is 2. The molecule has 0 saturated carbocycles. The van der Waals surface area contributed by atoms with E-state index in [0.29, 0.717) is 0 Å². The van der Waals surface area contributed by atoms with Gasteiger partial charge in [-0.15, -0.1) is 0 Å². The molecule has 0 unspecified atom stereocenters. The molecule has 0 saturated heterocycles. The summed E-state index contributed by atoms with van der Waals surface area (Å²) in [4.78, 5) is 4.26. The van der Waals surface area contributed by atoms with E-state index in [1.807, 2.05) is 43.5 Å². The maximum absolute atomic E-state index is 5.25. The Hall–Kier alpha value is -1.83. The molecule has 1 aromatic carbocycles. The topological polar surface area (TPSA) is 22.1 Å². The van der Waals surface area contributed by atoms with Crippen LogP contribution in [0, 0.1) is 13.0 Å². The Labute approximate surface area is 89.6 Å². The van der Waals surface area contributed by atoms with Crippen molar-refractivity contribution in [1.82, 2.24) is 4.98 Å². The van der Waals surface area contributed by atoms with E-state index in [9.17, 15) is 0 Å². The van der Waals surface area contributed by atoms with E-state index in [-0.39, 0.29) is 0 Å². The zero-order valence-corrected chi connectivity index (χ0v) is 8.82. The molecule has 0 aliphatic carbocycles. The number of ether oxygens (including phenoxy) is 1. The first-order chi connectivity index (χ1) is 7.31. The van der Waals surface area contributed by atoms with E-state index < -0.39 is 0 Å². The second-order valence-electron chi connectivity index (χ2n) is 3.31. The van der Waals surface area contributed by atoms with Gasteiger partial charge in [0.15, 0.2) is 0 Å². The highest BCUT2D eigenvalue weighted by Crippen LogP contribution is 2.28. The molecule has 1 radical (unpaired) electrons. The third kappa shape index (κ3) is 1.99. The van der Waals surface area contributed by atoms with E-state index in [1.54, 1.807) is 7.11 Å². The fourth-order valence-corrected chi connectivity index (χ4v) is 1.44. The van der Waals surface area contributed by atoms with Crippen LogP contribution in [0.5, 0.6) is 5.75 Å². The van der Waals surface area contributed by atoms with E-state index in [0.717, 1.165) is 22.6 Å². The molecule has 75 valence electrons. The van der Waals surface area contributed by atoms with Gasteiger partial charge in [0, 0.05) is 29.1 Å². The lowest BCUT2D eigenvalue weighted by Crippen LogP contribution is -1.88. The Morgan fingerprint density at radius 3 is 2.80 bits per heavy atom. The fraction of sp³-hybridized carbons (Fsp3) is 0.154. The molecular formula is C13H12NO. The van der Waals surface area contributed by atoms with Crippen LogP contribution >= 0.6 is 0 Å². The van der Waals surface area contributed by atoms with Crippen LogP contribution in [0.2, 0.25) is 0 Å². The van der Waals surface area contributed by atoms with Gasteiger partial charge in [-0.1, -0.05) is 24.3 Å². The average Bonchev–Trinajstić information content (AvgIpc) is 2.30. The van der Waals surface area contributed by atoms with E-state index >= 15 is 0 Å². The Morgan fingerprint density at radius 2 is 2.13 bits per heavy atom. The molecule has 0 aliphatic rings. The highest BCUT2D eigenvalue weighted by atomic mass is 16.5. The summed E-state index contributed by atoms with van der Waals surface area (Å²) in [6, 6.07) is 12.9. The van der Waals surface area contributed by atoms with Crippen molar-refractivity contribution in [2.24, 2.45) is 0 Å². The van der Waals surface area contributed by atoms with Gasteiger partial charge in [-0.2, -0.15) is 0 Å². The maximum Gasteiger partial charge on any atom is 0.134 e. The summed E-state index contributed by atoms with van der Waals surface area (Å²) in [5.41, 5.74) is 3.08. The van der Waals surface area contributed by atoms with Gasteiger partial charge in [0.2, 0.25) is 0 Å². The number of methoxy groups -OCH3 is 1. The maximum atomic E-state index is 5.25. The molecule has 15 heavy (non-hydrogen) atoms. The van der Waals surface area contributed by atoms with Crippen LogP contribution in [0.25, 0.3) is 11.1 Å². The van der Waals surface area contributed by atoms with Gasteiger partial charge in [-0.3, -0.25) is 4.98 Å². The van der Waals surface area contributed by atoms with Crippen LogP contribution in [0.15, 0.2) is 36.5 Å². The minimum absolute atomic E-state index is 0.753. The Bertz CT molecular complexity index is 448. The number of benzene rings is 1. The first kappa shape index (κ1) is 9.71.